The molecule has 1 heterocycles. The van der Waals surface area contributed by atoms with E-state index in [1.807, 2.05) is 30.3 Å². The lowest BCUT2D eigenvalue weighted by atomic mass is 10.0. The lowest BCUT2D eigenvalue weighted by Crippen LogP contribution is -2.33. The normalized spacial score (nSPS) is 15.2. The quantitative estimate of drug-likeness (QED) is 0.830. The SMILES string of the molecule is O=C(NOC1CCOCC1)c1cc(-c2ccccc2)cc(Cl)c1O. The molecular formula is C18H18ClNO4. The van der Waals surface area contributed by atoms with Crippen molar-refractivity contribution in [1.82, 2.24) is 5.48 Å². The Hall–Kier alpha value is -2.08. The predicted octanol–water partition coefficient (Wildman–Crippen LogP) is 3.55. The smallest absolute Gasteiger partial charge is 0.278 e. The van der Waals surface area contributed by atoms with Crippen LogP contribution in [0.1, 0.15) is 23.2 Å². The molecule has 1 aliphatic rings. The van der Waals surface area contributed by atoms with Gasteiger partial charge in [-0.25, -0.2) is 5.48 Å². The third-order valence-corrected chi connectivity index (χ3v) is 4.19. The van der Waals surface area contributed by atoms with Crippen molar-refractivity contribution in [1.29, 1.82) is 0 Å². The van der Waals surface area contributed by atoms with E-state index >= 15 is 0 Å². The van der Waals surface area contributed by atoms with Gasteiger partial charge in [0.2, 0.25) is 0 Å². The lowest BCUT2D eigenvalue weighted by Gasteiger charge is -2.22. The number of nitrogens with one attached hydrogen (secondary N) is 1. The molecule has 1 aliphatic heterocycles. The molecule has 0 spiro atoms. The first-order valence-corrected chi connectivity index (χ1v) is 8.14. The minimum absolute atomic E-state index is 0.0772. The highest BCUT2D eigenvalue weighted by Gasteiger charge is 2.19. The number of carbonyl (C=O) groups is 1. The molecule has 0 atom stereocenters. The number of benzene rings is 2. The second-order valence-corrected chi connectivity index (χ2v) is 5.99. The molecule has 24 heavy (non-hydrogen) atoms. The summed E-state index contributed by atoms with van der Waals surface area (Å²) >= 11 is 6.07. The first kappa shape index (κ1) is 16.8. The van der Waals surface area contributed by atoms with Gasteiger partial charge in [0.1, 0.15) is 5.75 Å². The summed E-state index contributed by atoms with van der Waals surface area (Å²) in [7, 11) is 0. The van der Waals surface area contributed by atoms with Crippen LogP contribution in [0.2, 0.25) is 5.02 Å². The average Bonchev–Trinajstić information content (AvgIpc) is 2.63. The van der Waals surface area contributed by atoms with Crippen LogP contribution in [0.5, 0.6) is 5.75 Å². The molecule has 126 valence electrons. The van der Waals surface area contributed by atoms with Gasteiger partial charge in [0.05, 0.1) is 16.7 Å². The van der Waals surface area contributed by atoms with Crippen LogP contribution in [-0.2, 0) is 9.57 Å². The number of amides is 1. The van der Waals surface area contributed by atoms with Crippen LogP contribution in [-0.4, -0.2) is 30.3 Å². The van der Waals surface area contributed by atoms with Crippen molar-refractivity contribution in [2.45, 2.75) is 18.9 Å². The van der Waals surface area contributed by atoms with E-state index in [1.54, 1.807) is 12.1 Å². The maximum absolute atomic E-state index is 12.4. The first-order chi connectivity index (χ1) is 11.6. The first-order valence-electron chi connectivity index (χ1n) is 7.77. The molecule has 6 heteroatoms. The number of phenolic OH excluding ortho intramolecular Hbond substituents is 1. The molecule has 1 amide bonds. The van der Waals surface area contributed by atoms with Gasteiger partial charge in [0.25, 0.3) is 5.91 Å². The molecule has 0 bridgehead atoms. The lowest BCUT2D eigenvalue weighted by molar-refractivity contribution is -0.0673. The zero-order chi connectivity index (χ0) is 16.9. The molecule has 1 saturated heterocycles. The van der Waals surface area contributed by atoms with Gasteiger partial charge in [-0.15, -0.1) is 0 Å². The maximum atomic E-state index is 12.4. The number of rotatable bonds is 4. The van der Waals surface area contributed by atoms with Crippen molar-refractivity contribution in [3.8, 4) is 16.9 Å². The van der Waals surface area contributed by atoms with Crippen LogP contribution in [0.3, 0.4) is 0 Å². The fourth-order valence-electron chi connectivity index (χ4n) is 2.56. The fourth-order valence-corrected chi connectivity index (χ4v) is 2.77. The van der Waals surface area contributed by atoms with Crippen LogP contribution in [0.15, 0.2) is 42.5 Å². The monoisotopic (exact) mass is 347 g/mol. The predicted molar refractivity (Wildman–Crippen MR) is 90.9 cm³/mol. The molecule has 0 aliphatic carbocycles. The van der Waals surface area contributed by atoms with E-state index in [1.165, 1.54) is 0 Å². The topological polar surface area (TPSA) is 67.8 Å². The van der Waals surface area contributed by atoms with Crippen LogP contribution < -0.4 is 5.48 Å². The Labute approximate surface area is 145 Å². The molecular weight excluding hydrogens is 330 g/mol. The molecule has 0 aromatic heterocycles. The van der Waals surface area contributed by atoms with E-state index in [0.717, 1.165) is 24.0 Å². The van der Waals surface area contributed by atoms with Crippen molar-refractivity contribution >= 4 is 17.5 Å². The highest BCUT2D eigenvalue weighted by atomic mass is 35.5. The average molecular weight is 348 g/mol. The molecule has 0 unspecified atom stereocenters. The Morgan fingerprint density at radius 3 is 2.58 bits per heavy atom. The number of carbonyl (C=O) groups excluding carboxylic acids is 1. The van der Waals surface area contributed by atoms with Crippen molar-refractivity contribution in [3.05, 3.63) is 53.1 Å². The molecule has 2 aromatic rings. The Morgan fingerprint density at radius 2 is 1.88 bits per heavy atom. The van der Waals surface area contributed by atoms with Gasteiger partial charge in [-0.05, 0) is 36.1 Å². The number of ether oxygens (including phenoxy) is 1. The Kier molecular flexibility index (Phi) is 5.35. The Balaban J connectivity index is 1.78. The van der Waals surface area contributed by atoms with E-state index < -0.39 is 5.91 Å². The molecule has 2 N–H and O–H groups in total. The van der Waals surface area contributed by atoms with Gasteiger partial charge in [-0.2, -0.15) is 0 Å². The number of phenols is 1. The third kappa shape index (κ3) is 3.87. The van der Waals surface area contributed by atoms with Gasteiger partial charge in [0, 0.05) is 13.2 Å². The number of hydrogen-bond donors (Lipinski definition) is 2. The zero-order valence-corrected chi connectivity index (χ0v) is 13.8. The van der Waals surface area contributed by atoms with Crippen molar-refractivity contribution < 1.29 is 19.5 Å². The van der Waals surface area contributed by atoms with Gasteiger partial charge in [-0.1, -0.05) is 41.9 Å². The van der Waals surface area contributed by atoms with Gasteiger partial charge in [0.15, 0.2) is 0 Å². The molecule has 5 nitrogen and oxygen atoms in total. The summed E-state index contributed by atoms with van der Waals surface area (Å²) in [6.45, 7) is 1.22. The maximum Gasteiger partial charge on any atom is 0.278 e. The molecule has 0 saturated carbocycles. The molecule has 3 rings (SSSR count). The summed E-state index contributed by atoms with van der Waals surface area (Å²) in [5.74, 6) is -0.789. The summed E-state index contributed by atoms with van der Waals surface area (Å²) in [5.41, 5.74) is 4.13. The Morgan fingerprint density at radius 1 is 1.17 bits per heavy atom. The van der Waals surface area contributed by atoms with Crippen LogP contribution >= 0.6 is 11.6 Å². The van der Waals surface area contributed by atoms with Crippen LogP contribution in [0.4, 0.5) is 0 Å². The largest absolute Gasteiger partial charge is 0.506 e. The van der Waals surface area contributed by atoms with Gasteiger partial charge < -0.3 is 9.84 Å². The standard InChI is InChI=1S/C18H18ClNO4/c19-16-11-13(12-4-2-1-3-5-12)10-15(17(16)21)18(22)20-24-14-6-8-23-9-7-14/h1-5,10-11,14,21H,6-9H2,(H,20,22). The van der Waals surface area contributed by atoms with Gasteiger partial charge >= 0.3 is 0 Å². The van der Waals surface area contributed by atoms with Crippen molar-refractivity contribution in [2.75, 3.05) is 13.2 Å². The van der Waals surface area contributed by atoms with E-state index in [9.17, 15) is 9.90 Å². The molecule has 2 aromatic carbocycles. The van der Waals surface area contributed by atoms with E-state index in [0.29, 0.717) is 13.2 Å². The van der Waals surface area contributed by atoms with Crippen molar-refractivity contribution in [2.24, 2.45) is 0 Å². The highest BCUT2D eigenvalue weighted by Crippen LogP contribution is 2.33. The molecule has 1 fully saturated rings. The van der Waals surface area contributed by atoms with Crippen LogP contribution in [0.25, 0.3) is 11.1 Å². The second kappa shape index (κ2) is 7.66. The second-order valence-electron chi connectivity index (χ2n) is 5.58. The summed E-state index contributed by atoms with van der Waals surface area (Å²) in [5, 5.41) is 10.2. The third-order valence-electron chi connectivity index (χ3n) is 3.90. The number of halogens is 1. The Bertz CT molecular complexity index is 714. The number of hydroxylamine groups is 1. The highest BCUT2D eigenvalue weighted by molar-refractivity contribution is 6.33. The zero-order valence-electron chi connectivity index (χ0n) is 13.0. The summed E-state index contributed by atoms with van der Waals surface area (Å²) in [6, 6.07) is 12.7. The number of aromatic hydroxyl groups is 1. The van der Waals surface area contributed by atoms with E-state index in [4.69, 9.17) is 21.2 Å². The summed E-state index contributed by atoms with van der Waals surface area (Å²) in [4.78, 5) is 17.8. The minimum atomic E-state index is -0.529. The van der Waals surface area contributed by atoms with E-state index in [2.05, 4.69) is 5.48 Å². The van der Waals surface area contributed by atoms with E-state index in [-0.39, 0.29) is 22.4 Å². The summed E-state index contributed by atoms with van der Waals surface area (Å²) < 4.78 is 5.24. The minimum Gasteiger partial charge on any atom is -0.506 e. The van der Waals surface area contributed by atoms with Gasteiger partial charge in [-0.3, -0.25) is 9.63 Å². The summed E-state index contributed by atoms with van der Waals surface area (Å²) in [6.07, 6.45) is 1.35. The van der Waals surface area contributed by atoms with Crippen LogP contribution in [0, 0.1) is 0 Å². The number of hydrogen-bond acceptors (Lipinski definition) is 4. The molecule has 0 radical (unpaired) electrons. The fraction of sp³-hybridized carbons (Fsp3) is 0.278. The van der Waals surface area contributed by atoms with Crippen molar-refractivity contribution in [3.63, 3.8) is 0 Å².